The second-order valence-corrected chi connectivity index (χ2v) is 6.45. The summed E-state index contributed by atoms with van der Waals surface area (Å²) in [6.07, 6.45) is 1.42. The Hall–Kier alpha value is -3.00. The van der Waals surface area contributed by atoms with Crippen molar-refractivity contribution in [3.63, 3.8) is 0 Å². The summed E-state index contributed by atoms with van der Waals surface area (Å²) in [7, 11) is 0. The number of amides is 1. The van der Waals surface area contributed by atoms with Gasteiger partial charge in [0.25, 0.3) is 0 Å². The first-order valence-corrected chi connectivity index (χ1v) is 8.53. The van der Waals surface area contributed by atoms with Crippen LogP contribution in [0.4, 0.5) is 4.39 Å². The lowest BCUT2D eigenvalue weighted by Crippen LogP contribution is -2.33. The number of pyridine rings is 1. The normalized spacial score (nSPS) is 10.8. The maximum Gasteiger partial charge on any atom is 0.352 e. The van der Waals surface area contributed by atoms with Gasteiger partial charge in [0.2, 0.25) is 5.91 Å². The molecule has 2 heterocycles. The Labute approximate surface area is 159 Å². The number of benzene rings is 1. The average molecular weight is 390 g/mol. The monoisotopic (exact) mass is 389 g/mol. The zero-order valence-corrected chi connectivity index (χ0v) is 15.5. The maximum atomic E-state index is 13.6. The minimum Gasteiger partial charge on any atom is -0.350 e. The summed E-state index contributed by atoms with van der Waals surface area (Å²) in [5, 5.41) is 7.20. The maximum absolute atomic E-state index is 13.6. The van der Waals surface area contributed by atoms with E-state index in [0.29, 0.717) is 27.8 Å². The van der Waals surface area contributed by atoms with Crippen molar-refractivity contribution < 1.29 is 9.18 Å². The van der Waals surface area contributed by atoms with Crippen LogP contribution in [0.1, 0.15) is 17.0 Å². The van der Waals surface area contributed by atoms with Gasteiger partial charge >= 0.3 is 5.69 Å². The molecule has 0 aliphatic rings. The molecule has 2 aromatic heterocycles. The van der Waals surface area contributed by atoms with Crippen molar-refractivity contribution >= 4 is 17.5 Å². The summed E-state index contributed by atoms with van der Waals surface area (Å²) in [4.78, 5) is 28.8. The van der Waals surface area contributed by atoms with Crippen LogP contribution in [0.25, 0.3) is 5.82 Å². The first-order valence-electron chi connectivity index (χ1n) is 8.15. The number of nitrogens with zero attached hydrogens (tertiary/aromatic N) is 4. The summed E-state index contributed by atoms with van der Waals surface area (Å²) >= 11 is 5.81. The van der Waals surface area contributed by atoms with Crippen LogP contribution in [0.15, 0.2) is 41.3 Å². The molecule has 0 unspecified atom stereocenters. The Morgan fingerprint density at radius 2 is 2.04 bits per heavy atom. The van der Waals surface area contributed by atoms with Crippen LogP contribution in [0.2, 0.25) is 5.02 Å². The van der Waals surface area contributed by atoms with E-state index in [9.17, 15) is 14.0 Å². The third kappa shape index (κ3) is 4.22. The molecule has 9 heteroatoms. The van der Waals surface area contributed by atoms with Crippen molar-refractivity contribution in [3.05, 3.63) is 74.8 Å². The number of carbonyl (C=O) groups excluding carboxylic acids is 1. The highest BCUT2D eigenvalue weighted by molar-refractivity contribution is 6.30. The molecule has 3 rings (SSSR count). The molecule has 0 saturated carbocycles. The third-order valence-electron chi connectivity index (χ3n) is 3.96. The van der Waals surface area contributed by atoms with Crippen molar-refractivity contribution in [1.29, 1.82) is 0 Å². The molecule has 140 valence electrons. The molecule has 0 aliphatic heterocycles. The third-order valence-corrected chi connectivity index (χ3v) is 4.18. The zero-order valence-electron chi connectivity index (χ0n) is 14.7. The molecule has 1 N–H and O–H groups in total. The highest BCUT2D eigenvalue weighted by Gasteiger charge is 2.15. The Morgan fingerprint density at radius 3 is 2.70 bits per heavy atom. The van der Waals surface area contributed by atoms with Crippen molar-refractivity contribution in [2.75, 3.05) is 0 Å². The first-order chi connectivity index (χ1) is 12.8. The summed E-state index contributed by atoms with van der Waals surface area (Å²) in [5.74, 6) is 0.0153. The standard InChI is InChI=1S/C18H17ClFN5O2/c1-11-3-4-13(7-15(11)20)8-22-17(26)10-24-18(27)25(12(2)23-24)16-6-5-14(19)9-21-16/h3-7,9H,8,10H2,1-2H3,(H,22,26). The molecule has 0 bridgehead atoms. The van der Waals surface area contributed by atoms with Gasteiger partial charge in [-0.15, -0.1) is 0 Å². The van der Waals surface area contributed by atoms with Crippen LogP contribution in [0.3, 0.4) is 0 Å². The fourth-order valence-corrected chi connectivity index (χ4v) is 2.63. The number of aryl methyl sites for hydroxylation is 2. The number of carbonyl (C=O) groups is 1. The van der Waals surface area contributed by atoms with E-state index in [4.69, 9.17) is 11.6 Å². The molecular weight excluding hydrogens is 373 g/mol. The molecule has 7 nitrogen and oxygen atoms in total. The molecule has 0 atom stereocenters. The summed E-state index contributed by atoms with van der Waals surface area (Å²) in [6.45, 7) is 3.21. The lowest BCUT2D eigenvalue weighted by atomic mass is 10.1. The van der Waals surface area contributed by atoms with Gasteiger partial charge in [0.15, 0.2) is 0 Å². The minimum atomic E-state index is -0.487. The van der Waals surface area contributed by atoms with Crippen LogP contribution in [0, 0.1) is 19.7 Å². The van der Waals surface area contributed by atoms with Gasteiger partial charge in [0.1, 0.15) is 24.0 Å². The second-order valence-electron chi connectivity index (χ2n) is 6.02. The molecule has 0 saturated heterocycles. The lowest BCUT2D eigenvalue weighted by molar-refractivity contribution is -0.122. The predicted octanol–water partition coefficient (Wildman–Crippen LogP) is 2.15. The van der Waals surface area contributed by atoms with Gasteiger partial charge in [-0.2, -0.15) is 5.10 Å². The molecule has 0 spiro atoms. The summed E-state index contributed by atoms with van der Waals surface area (Å²) in [5.41, 5.74) is 0.679. The Kier molecular flexibility index (Phi) is 5.36. The van der Waals surface area contributed by atoms with Gasteiger partial charge < -0.3 is 5.32 Å². The zero-order chi connectivity index (χ0) is 19.6. The van der Waals surface area contributed by atoms with E-state index in [2.05, 4.69) is 15.4 Å². The van der Waals surface area contributed by atoms with Crippen LogP contribution in [-0.2, 0) is 17.9 Å². The van der Waals surface area contributed by atoms with E-state index in [1.165, 1.54) is 16.8 Å². The number of aromatic nitrogens is 4. The molecule has 1 amide bonds. The van der Waals surface area contributed by atoms with Crippen LogP contribution in [0.5, 0.6) is 0 Å². The highest BCUT2D eigenvalue weighted by atomic mass is 35.5. The van der Waals surface area contributed by atoms with Crippen LogP contribution >= 0.6 is 11.6 Å². The van der Waals surface area contributed by atoms with Crippen LogP contribution < -0.4 is 11.0 Å². The van der Waals surface area contributed by atoms with E-state index in [0.717, 1.165) is 4.68 Å². The van der Waals surface area contributed by atoms with Gasteiger partial charge in [0, 0.05) is 12.7 Å². The number of hydrogen-bond acceptors (Lipinski definition) is 4. The van der Waals surface area contributed by atoms with E-state index in [-0.39, 0.29) is 18.9 Å². The Balaban J connectivity index is 1.71. The topological polar surface area (TPSA) is 81.8 Å². The van der Waals surface area contributed by atoms with Crippen molar-refractivity contribution in [2.24, 2.45) is 0 Å². The molecule has 0 radical (unpaired) electrons. The largest absolute Gasteiger partial charge is 0.352 e. The second kappa shape index (κ2) is 7.71. The van der Waals surface area contributed by atoms with E-state index < -0.39 is 11.6 Å². The van der Waals surface area contributed by atoms with Gasteiger partial charge in [0.05, 0.1) is 5.02 Å². The predicted molar refractivity (Wildman–Crippen MR) is 98.3 cm³/mol. The van der Waals surface area contributed by atoms with Crippen molar-refractivity contribution in [2.45, 2.75) is 26.9 Å². The average Bonchev–Trinajstić information content (AvgIpc) is 2.90. The van der Waals surface area contributed by atoms with Gasteiger partial charge in [-0.25, -0.2) is 23.4 Å². The number of halogens is 2. The van der Waals surface area contributed by atoms with Gasteiger partial charge in [-0.1, -0.05) is 23.7 Å². The number of rotatable bonds is 5. The number of nitrogens with one attached hydrogen (secondary N) is 1. The molecule has 0 aliphatic carbocycles. The quantitative estimate of drug-likeness (QED) is 0.725. The SMILES string of the molecule is Cc1ccc(CNC(=O)Cn2nc(C)n(-c3ccc(Cl)cn3)c2=O)cc1F. The van der Waals surface area contributed by atoms with E-state index in [1.54, 1.807) is 38.1 Å². The molecule has 3 aromatic rings. The molecule has 27 heavy (non-hydrogen) atoms. The van der Waals surface area contributed by atoms with Gasteiger partial charge in [-0.05, 0) is 43.2 Å². The Bertz CT molecular complexity index is 1040. The Morgan fingerprint density at radius 1 is 1.26 bits per heavy atom. The fraction of sp³-hybridized carbons (Fsp3) is 0.222. The van der Waals surface area contributed by atoms with Crippen molar-refractivity contribution in [3.8, 4) is 5.82 Å². The van der Waals surface area contributed by atoms with Crippen LogP contribution in [-0.4, -0.2) is 25.2 Å². The van der Waals surface area contributed by atoms with E-state index >= 15 is 0 Å². The summed E-state index contributed by atoms with van der Waals surface area (Å²) < 4.78 is 15.9. The fourth-order valence-electron chi connectivity index (χ4n) is 2.52. The minimum absolute atomic E-state index is 0.156. The van der Waals surface area contributed by atoms with Gasteiger partial charge in [-0.3, -0.25) is 4.79 Å². The molecule has 1 aromatic carbocycles. The lowest BCUT2D eigenvalue weighted by Gasteiger charge is -2.06. The molecular formula is C18H17ClFN5O2. The number of hydrogen-bond donors (Lipinski definition) is 1. The highest BCUT2D eigenvalue weighted by Crippen LogP contribution is 2.10. The summed E-state index contributed by atoms with van der Waals surface area (Å²) in [6, 6.07) is 7.95. The smallest absolute Gasteiger partial charge is 0.350 e. The molecule has 0 fully saturated rings. The first kappa shape index (κ1) is 18.8. The van der Waals surface area contributed by atoms with Crippen molar-refractivity contribution in [1.82, 2.24) is 24.6 Å². The van der Waals surface area contributed by atoms with E-state index in [1.807, 2.05) is 0 Å².